The van der Waals surface area contributed by atoms with Gasteiger partial charge in [0.25, 0.3) is 0 Å². The number of hydrogen-bond acceptors (Lipinski definition) is 3. The van der Waals surface area contributed by atoms with E-state index in [-0.39, 0.29) is 12.4 Å². The van der Waals surface area contributed by atoms with Crippen LogP contribution in [-0.2, 0) is 11.2 Å². The van der Waals surface area contributed by atoms with Gasteiger partial charge in [0, 0.05) is 6.42 Å². The molecule has 0 saturated carbocycles. The van der Waals surface area contributed by atoms with Gasteiger partial charge in [-0.1, -0.05) is 0 Å². The number of halogens is 1. The predicted molar refractivity (Wildman–Crippen MR) is 50.1 cm³/mol. The van der Waals surface area contributed by atoms with Gasteiger partial charge in [0.05, 0.1) is 12.5 Å². The van der Waals surface area contributed by atoms with Gasteiger partial charge in [-0.3, -0.25) is 4.79 Å². The molecule has 0 aliphatic heterocycles. The fourth-order valence-corrected chi connectivity index (χ4v) is 0.957. The third kappa shape index (κ3) is 3.48. The molecule has 0 aliphatic rings. The Balaban J connectivity index is 0.00000144. The molecule has 4 nitrogen and oxygen atoms in total. The van der Waals surface area contributed by atoms with Gasteiger partial charge in [-0.25, -0.2) is 0 Å². The lowest BCUT2D eigenvalue weighted by Gasteiger charge is -2.08. The van der Waals surface area contributed by atoms with Crippen molar-refractivity contribution >= 4 is 18.4 Å². The van der Waals surface area contributed by atoms with Gasteiger partial charge in [-0.2, -0.15) is 0 Å². The van der Waals surface area contributed by atoms with Crippen molar-refractivity contribution < 1.29 is 14.3 Å². The molecule has 0 spiro atoms. The number of rotatable bonds is 4. The Morgan fingerprint density at radius 3 is 2.85 bits per heavy atom. The van der Waals surface area contributed by atoms with E-state index >= 15 is 0 Å². The first kappa shape index (κ1) is 12.0. The maximum atomic E-state index is 10.6. The fraction of sp³-hybridized carbons (Fsp3) is 0.375. The van der Waals surface area contributed by atoms with E-state index in [1.807, 2.05) is 0 Å². The maximum absolute atomic E-state index is 10.6. The molecule has 0 aliphatic carbocycles. The lowest BCUT2D eigenvalue weighted by Crippen LogP contribution is -2.35. The molecule has 0 unspecified atom stereocenters. The van der Waals surface area contributed by atoms with Crippen molar-refractivity contribution in [2.75, 3.05) is 7.05 Å². The molecule has 1 atom stereocenters. The Hall–Kier alpha value is -1.00. The van der Waals surface area contributed by atoms with Crippen molar-refractivity contribution in [2.24, 2.45) is 0 Å². The zero-order chi connectivity index (χ0) is 8.97. The van der Waals surface area contributed by atoms with Gasteiger partial charge in [-0.15, -0.1) is 12.4 Å². The minimum Gasteiger partial charge on any atom is -0.480 e. The van der Waals surface area contributed by atoms with Crippen LogP contribution in [0.25, 0.3) is 0 Å². The summed E-state index contributed by atoms with van der Waals surface area (Å²) in [6.07, 6.45) is 3.53. The van der Waals surface area contributed by atoms with Crippen LogP contribution in [0.15, 0.2) is 23.0 Å². The van der Waals surface area contributed by atoms with Crippen LogP contribution in [0, 0.1) is 0 Å². The Labute approximate surface area is 82.3 Å². The third-order valence-electron chi connectivity index (χ3n) is 1.67. The second kappa shape index (κ2) is 5.61. The van der Waals surface area contributed by atoms with E-state index in [4.69, 9.17) is 9.52 Å². The number of likely N-dealkylation sites (N-methyl/N-ethyl adjacent to an activating group) is 1. The van der Waals surface area contributed by atoms with Crippen LogP contribution < -0.4 is 5.32 Å². The van der Waals surface area contributed by atoms with Crippen LogP contribution in [0.3, 0.4) is 0 Å². The number of carboxylic acids is 1. The molecule has 13 heavy (non-hydrogen) atoms. The molecular weight excluding hydrogens is 194 g/mol. The summed E-state index contributed by atoms with van der Waals surface area (Å²) in [7, 11) is 1.62. The lowest BCUT2D eigenvalue weighted by atomic mass is 10.1. The van der Waals surface area contributed by atoms with E-state index < -0.39 is 12.0 Å². The monoisotopic (exact) mass is 205 g/mol. The first-order valence-electron chi connectivity index (χ1n) is 3.65. The first-order valence-corrected chi connectivity index (χ1v) is 3.65. The number of aliphatic carboxylic acids is 1. The van der Waals surface area contributed by atoms with Crippen LogP contribution >= 0.6 is 12.4 Å². The summed E-state index contributed by atoms with van der Waals surface area (Å²) in [5, 5.41) is 11.4. The van der Waals surface area contributed by atoms with E-state index in [0.717, 1.165) is 5.56 Å². The SMILES string of the molecule is CN[C@@H](Cc1ccoc1)C(=O)O.Cl. The predicted octanol–water partition coefficient (Wildman–Crippen LogP) is 0.916. The Bertz CT molecular complexity index is 248. The quantitative estimate of drug-likeness (QED) is 0.767. The van der Waals surface area contributed by atoms with Gasteiger partial charge in [0.2, 0.25) is 0 Å². The minimum atomic E-state index is -0.848. The largest absolute Gasteiger partial charge is 0.480 e. The van der Waals surface area contributed by atoms with Crippen molar-refractivity contribution in [3.8, 4) is 0 Å². The van der Waals surface area contributed by atoms with Crippen molar-refractivity contribution in [1.29, 1.82) is 0 Å². The van der Waals surface area contributed by atoms with Crippen LogP contribution in [0.5, 0.6) is 0 Å². The Morgan fingerprint density at radius 2 is 2.46 bits per heavy atom. The lowest BCUT2D eigenvalue weighted by molar-refractivity contribution is -0.139. The summed E-state index contributed by atoms with van der Waals surface area (Å²) in [5.74, 6) is -0.848. The highest BCUT2D eigenvalue weighted by atomic mass is 35.5. The normalized spacial score (nSPS) is 11.8. The first-order chi connectivity index (χ1) is 5.74. The van der Waals surface area contributed by atoms with E-state index in [9.17, 15) is 4.79 Å². The van der Waals surface area contributed by atoms with Gasteiger partial charge in [0.1, 0.15) is 6.04 Å². The number of nitrogens with one attached hydrogen (secondary N) is 1. The molecule has 5 heteroatoms. The average Bonchev–Trinajstić information content (AvgIpc) is 2.51. The maximum Gasteiger partial charge on any atom is 0.321 e. The van der Waals surface area contributed by atoms with Crippen LogP contribution in [0.1, 0.15) is 5.56 Å². The molecule has 0 amide bonds. The Kier molecular flexibility index (Phi) is 5.18. The molecule has 1 aromatic heterocycles. The average molecular weight is 206 g/mol. The van der Waals surface area contributed by atoms with Crippen LogP contribution in [-0.4, -0.2) is 24.2 Å². The molecule has 74 valence electrons. The van der Waals surface area contributed by atoms with Crippen molar-refractivity contribution in [2.45, 2.75) is 12.5 Å². The van der Waals surface area contributed by atoms with Crippen molar-refractivity contribution in [3.05, 3.63) is 24.2 Å². The molecular formula is C8H12ClNO3. The van der Waals surface area contributed by atoms with Crippen molar-refractivity contribution in [1.82, 2.24) is 5.32 Å². The summed E-state index contributed by atoms with van der Waals surface area (Å²) in [5.41, 5.74) is 0.886. The highest BCUT2D eigenvalue weighted by molar-refractivity contribution is 5.85. The number of carbonyl (C=O) groups is 1. The minimum absolute atomic E-state index is 0. The summed E-state index contributed by atoms with van der Waals surface area (Å²) in [4.78, 5) is 10.6. The fourth-order valence-electron chi connectivity index (χ4n) is 0.957. The molecule has 0 radical (unpaired) electrons. The summed E-state index contributed by atoms with van der Waals surface area (Å²) in [6.45, 7) is 0. The third-order valence-corrected chi connectivity index (χ3v) is 1.67. The zero-order valence-electron chi connectivity index (χ0n) is 7.19. The second-order valence-electron chi connectivity index (χ2n) is 2.52. The van der Waals surface area contributed by atoms with E-state index in [0.29, 0.717) is 6.42 Å². The summed E-state index contributed by atoms with van der Waals surface area (Å²) in [6, 6.07) is 1.22. The van der Waals surface area contributed by atoms with Gasteiger partial charge >= 0.3 is 5.97 Å². The molecule has 0 bridgehead atoms. The zero-order valence-corrected chi connectivity index (χ0v) is 8.00. The summed E-state index contributed by atoms with van der Waals surface area (Å²) >= 11 is 0. The molecule has 1 heterocycles. The number of furan rings is 1. The molecule has 1 rings (SSSR count). The molecule has 1 aromatic rings. The second-order valence-corrected chi connectivity index (χ2v) is 2.52. The number of carboxylic acid groups (broad SMARTS) is 1. The van der Waals surface area contributed by atoms with Crippen LogP contribution in [0.4, 0.5) is 0 Å². The van der Waals surface area contributed by atoms with Gasteiger partial charge < -0.3 is 14.8 Å². The molecule has 2 N–H and O–H groups in total. The standard InChI is InChI=1S/C8H11NO3.ClH/c1-9-7(8(10)11)4-6-2-3-12-5-6;/h2-3,5,7,9H,4H2,1H3,(H,10,11);1H/t7-;/m0./s1. The van der Waals surface area contributed by atoms with E-state index in [2.05, 4.69) is 5.32 Å². The highest BCUT2D eigenvalue weighted by Crippen LogP contribution is 2.03. The van der Waals surface area contributed by atoms with E-state index in [1.54, 1.807) is 19.4 Å². The van der Waals surface area contributed by atoms with Crippen molar-refractivity contribution in [3.63, 3.8) is 0 Å². The topological polar surface area (TPSA) is 62.5 Å². The van der Waals surface area contributed by atoms with E-state index in [1.165, 1.54) is 6.26 Å². The highest BCUT2D eigenvalue weighted by Gasteiger charge is 2.15. The van der Waals surface area contributed by atoms with Gasteiger partial charge in [-0.05, 0) is 18.7 Å². The molecule has 0 aromatic carbocycles. The number of hydrogen-bond donors (Lipinski definition) is 2. The van der Waals surface area contributed by atoms with Gasteiger partial charge in [0.15, 0.2) is 0 Å². The summed E-state index contributed by atoms with van der Waals surface area (Å²) < 4.78 is 4.82. The Morgan fingerprint density at radius 1 is 1.77 bits per heavy atom. The van der Waals surface area contributed by atoms with Crippen LogP contribution in [0.2, 0.25) is 0 Å². The molecule has 0 saturated heterocycles. The smallest absolute Gasteiger partial charge is 0.321 e. The molecule has 0 fully saturated rings.